The van der Waals surface area contributed by atoms with Crippen LogP contribution in [0.25, 0.3) is 0 Å². The molecule has 2 aliphatic rings. The molecule has 1 aromatic rings. The number of methoxy groups -OCH3 is 1. The molecule has 1 saturated carbocycles. The van der Waals surface area contributed by atoms with Crippen LogP contribution in [0.5, 0.6) is 0 Å². The van der Waals surface area contributed by atoms with Gasteiger partial charge in [0.1, 0.15) is 0 Å². The highest BCUT2D eigenvalue weighted by Crippen LogP contribution is 2.37. The maximum atomic E-state index is 12.4. The van der Waals surface area contributed by atoms with E-state index in [0.717, 1.165) is 25.7 Å². The number of carbonyl (C=O) groups excluding carboxylic acids is 1. The van der Waals surface area contributed by atoms with Crippen LogP contribution in [0.15, 0.2) is 29.2 Å². The van der Waals surface area contributed by atoms with Gasteiger partial charge in [0.2, 0.25) is 10.0 Å². The van der Waals surface area contributed by atoms with Crippen molar-refractivity contribution >= 4 is 16.0 Å². The molecule has 0 aromatic heterocycles. The normalized spacial score (nSPS) is 22.8. The van der Waals surface area contributed by atoms with Crippen molar-refractivity contribution in [1.29, 1.82) is 0 Å². The van der Waals surface area contributed by atoms with Crippen molar-refractivity contribution in [3.05, 3.63) is 29.8 Å². The molecule has 0 bridgehead atoms. The Hall–Kier alpha value is -1.48. The molecule has 0 radical (unpaired) electrons. The molecule has 1 atom stereocenters. The lowest BCUT2D eigenvalue weighted by molar-refractivity contribution is -0.186. The van der Waals surface area contributed by atoms with Gasteiger partial charge in [0, 0.05) is 19.4 Å². The fraction of sp³-hybridized carbons (Fsp3) is 0.588. The number of hydrogen-bond donors (Lipinski definition) is 1. The Kier molecular flexibility index (Phi) is 5.43. The summed E-state index contributed by atoms with van der Waals surface area (Å²) in [5.41, 5.74) is 0.299. The second-order valence-corrected chi connectivity index (χ2v) is 8.16. The van der Waals surface area contributed by atoms with Gasteiger partial charge in [-0.2, -0.15) is 0 Å². The molecule has 138 valence electrons. The van der Waals surface area contributed by atoms with E-state index in [1.54, 1.807) is 0 Å². The van der Waals surface area contributed by atoms with Crippen LogP contribution in [0.3, 0.4) is 0 Å². The first-order chi connectivity index (χ1) is 11.9. The first-order valence-corrected chi connectivity index (χ1v) is 9.92. The van der Waals surface area contributed by atoms with E-state index in [1.165, 1.54) is 37.8 Å². The second-order valence-electron chi connectivity index (χ2n) is 6.39. The number of rotatable bonds is 5. The lowest BCUT2D eigenvalue weighted by atomic mass is 9.94. The molecule has 25 heavy (non-hydrogen) atoms. The zero-order valence-corrected chi connectivity index (χ0v) is 15.0. The quantitative estimate of drug-likeness (QED) is 0.796. The Morgan fingerprint density at radius 1 is 1.24 bits per heavy atom. The number of hydrogen-bond acceptors (Lipinski definition) is 6. The van der Waals surface area contributed by atoms with E-state index < -0.39 is 21.8 Å². The van der Waals surface area contributed by atoms with Crippen LogP contribution in [-0.2, 0) is 24.2 Å². The highest BCUT2D eigenvalue weighted by molar-refractivity contribution is 7.89. The van der Waals surface area contributed by atoms with Gasteiger partial charge in [-0.05, 0) is 37.1 Å². The summed E-state index contributed by atoms with van der Waals surface area (Å²) in [5, 5.41) is 0. The summed E-state index contributed by atoms with van der Waals surface area (Å²) in [6.45, 7) is 0.548. The Bertz CT molecular complexity index is 709. The standard InChI is InChI=1S/C17H23NO6S/c1-22-16(19)13-5-7-15(8-6-13)25(20,21)18-11-14-12-23-17(24-14)9-3-2-4-10-17/h5-8,14,18H,2-4,9-12H2,1H3. The topological polar surface area (TPSA) is 90.9 Å². The molecule has 1 unspecified atom stereocenters. The molecule has 7 nitrogen and oxygen atoms in total. The zero-order chi connectivity index (χ0) is 17.9. The molecule has 0 amide bonds. The third-order valence-electron chi connectivity index (χ3n) is 4.62. The van der Waals surface area contributed by atoms with Crippen LogP contribution >= 0.6 is 0 Å². The smallest absolute Gasteiger partial charge is 0.337 e. The number of benzene rings is 1. The lowest BCUT2D eigenvalue weighted by Crippen LogP contribution is -2.37. The summed E-state index contributed by atoms with van der Waals surface area (Å²) < 4.78 is 43.7. The summed E-state index contributed by atoms with van der Waals surface area (Å²) in [6, 6.07) is 5.60. The van der Waals surface area contributed by atoms with Crippen LogP contribution in [0, 0.1) is 0 Å². The Balaban J connectivity index is 1.58. The predicted molar refractivity (Wildman–Crippen MR) is 89.6 cm³/mol. The fourth-order valence-electron chi connectivity index (χ4n) is 3.24. The summed E-state index contributed by atoms with van der Waals surface area (Å²) in [4.78, 5) is 11.5. The van der Waals surface area contributed by atoms with E-state index in [0.29, 0.717) is 12.2 Å². The number of carbonyl (C=O) groups is 1. The molecule has 1 aromatic carbocycles. The molecule has 1 heterocycles. The van der Waals surface area contributed by atoms with E-state index in [9.17, 15) is 13.2 Å². The number of ether oxygens (including phenoxy) is 3. The molecular weight excluding hydrogens is 346 g/mol. The van der Waals surface area contributed by atoms with Gasteiger partial charge in [-0.1, -0.05) is 6.42 Å². The van der Waals surface area contributed by atoms with Crippen molar-refractivity contribution < 1.29 is 27.4 Å². The molecule has 1 saturated heterocycles. The van der Waals surface area contributed by atoms with Crippen molar-refractivity contribution in [3.63, 3.8) is 0 Å². The summed E-state index contributed by atoms with van der Waals surface area (Å²) >= 11 is 0. The van der Waals surface area contributed by atoms with Crippen molar-refractivity contribution in [2.75, 3.05) is 20.3 Å². The van der Waals surface area contributed by atoms with E-state index in [-0.39, 0.29) is 17.5 Å². The zero-order valence-electron chi connectivity index (χ0n) is 14.2. The van der Waals surface area contributed by atoms with E-state index in [4.69, 9.17) is 9.47 Å². The van der Waals surface area contributed by atoms with Gasteiger partial charge in [0.25, 0.3) is 0 Å². The van der Waals surface area contributed by atoms with Gasteiger partial charge in [-0.3, -0.25) is 0 Å². The van der Waals surface area contributed by atoms with Gasteiger partial charge in [-0.15, -0.1) is 0 Å². The van der Waals surface area contributed by atoms with Crippen molar-refractivity contribution in [2.24, 2.45) is 0 Å². The molecule has 1 aliphatic heterocycles. The van der Waals surface area contributed by atoms with Crippen LogP contribution in [0.1, 0.15) is 42.5 Å². The third kappa shape index (κ3) is 4.20. The number of esters is 1. The van der Waals surface area contributed by atoms with E-state index >= 15 is 0 Å². The molecule has 1 N–H and O–H groups in total. The van der Waals surface area contributed by atoms with Crippen molar-refractivity contribution in [1.82, 2.24) is 4.72 Å². The molecule has 1 spiro atoms. The predicted octanol–water partition coefficient (Wildman–Crippen LogP) is 1.83. The lowest BCUT2D eigenvalue weighted by Gasteiger charge is -2.31. The minimum absolute atomic E-state index is 0.0893. The number of nitrogens with one attached hydrogen (secondary N) is 1. The summed E-state index contributed by atoms with van der Waals surface area (Å²) in [5.74, 6) is -1.03. The molecule has 2 fully saturated rings. The minimum atomic E-state index is -3.68. The van der Waals surface area contributed by atoms with Gasteiger partial charge in [-0.25, -0.2) is 17.9 Å². The third-order valence-corrected chi connectivity index (χ3v) is 6.06. The largest absolute Gasteiger partial charge is 0.465 e. The minimum Gasteiger partial charge on any atom is -0.465 e. The van der Waals surface area contributed by atoms with Crippen LogP contribution < -0.4 is 4.72 Å². The average Bonchev–Trinajstić information content (AvgIpc) is 3.02. The molecule has 1 aliphatic carbocycles. The van der Waals surface area contributed by atoms with Gasteiger partial charge >= 0.3 is 5.97 Å². The summed E-state index contributed by atoms with van der Waals surface area (Å²) in [7, 11) is -2.40. The second kappa shape index (κ2) is 7.41. The number of sulfonamides is 1. The highest BCUT2D eigenvalue weighted by Gasteiger charge is 2.42. The van der Waals surface area contributed by atoms with Crippen LogP contribution in [-0.4, -0.2) is 46.5 Å². The van der Waals surface area contributed by atoms with E-state index in [2.05, 4.69) is 9.46 Å². The fourth-order valence-corrected chi connectivity index (χ4v) is 4.31. The van der Waals surface area contributed by atoms with Crippen molar-refractivity contribution in [2.45, 2.75) is 48.9 Å². The monoisotopic (exact) mass is 369 g/mol. The molecule has 8 heteroatoms. The van der Waals surface area contributed by atoms with Gasteiger partial charge in [0.05, 0.1) is 30.3 Å². The van der Waals surface area contributed by atoms with Crippen LogP contribution in [0.2, 0.25) is 0 Å². The SMILES string of the molecule is COC(=O)c1ccc(S(=O)(=O)NCC2COC3(CCCCC3)O2)cc1. The maximum Gasteiger partial charge on any atom is 0.337 e. The first kappa shape index (κ1) is 18.3. The average molecular weight is 369 g/mol. The molecule has 3 rings (SSSR count). The highest BCUT2D eigenvalue weighted by atomic mass is 32.2. The molecular formula is C17H23NO6S. The van der Waals surface area contributed by atoms with E-state index in [1.807, 2.05) is 0 Å². The Labute approximate surface area is 147 Å². The van der Waals surface area contributed by atoms with Crippen molar-refractivity contribution in [3.8, 4) is 0 Å². The summed E-state index contributed by atoms with van der Waals surface area (Å²) in [6.07, 6.45) is 4.78. The van der Waals surface area contributed by atoms with Gasteiger partial charge < -0.3 is 14.2 Å². The first-order valence-electron chi connectivity index (χ1n) is 8.44. The maximum absolute atomic E-state index is 12.4. The van der Waals surface area contributed by atoms with Gasteiger partial charge in [0.15, 0.2) is 5.79 Å². The Morgan fingerprint density at radius 3 is 2.56 bits per heavy atom. The Morgan fingerprint density at radius 2 is 1.92 bits per heavy atom. The van der Waals surface area contributed by atoms with Crippen LogP contribution in [0.4, 0.5) is 0 Å².